The Kier molecular flexibility index (Phi) is 3.19. The zero-order valence-electron chi connectivity index (χ0n) is 7.28. The van der Waals surface area contributed by atoms with Gasteiger partial charge in [0.15, 0.2) is 0 Å². The van der Waals surface area contributed by atoms with E-state index in [2.05, 4.69) is 39.9 Å². The fraction of sp³-hybridized carbons (Fsp3) is 0.750. The van der Waals surface area contributed by atoms with Gasteiger partial charge in [0, 0.05) is 0 Å². The molecule has 54 valence electrons. The maximum absolute atomic E-state index is 2.42. The van der Waals surface area contributed by atoms with Gasteiger partial charge in [-0.05, 0) is 13.8 Å². The molecule has 0 aliphatic heterocycles. The van der Waals surface area contributed by atoms with Crippen LogP contribution in [-0.4, -0.2) is 8.07 Å². The van der Waals surface area contributed by atoms with Gasteiger partial charge in [-0.15, -0.1) is 0 Å². The van der Waals surface area contributed by atoms with Crippen LogP contribution < -0.4 is 0 Å². The first-order valence-corrected chi connectivity index (χ1v) is 6.88. The van der Waals surface area contributed by atoms with Crippen LogP contribution in [0.15, 0.2) is 11.3 Å². The molecule has 0 spiro atoms. The van der Waals surface area contributed by atoms with Crippen molar-refractivity contribution in [2.45, 2.75) is 39.9 Å². The van der Waals surface area contributed by atoms with Crippen LogP contribution in [0.2, 0.25) is 19.1 Å². The van der Waals surface area contributed by atoms with E-state index in [9.17, 15) is 0 Å². The molecule has 0 aromatic heterocycles. The predicted octanol–water partition coefficient (Wildman–Crippen LogP) is 3.22. The van der Waals surface area contributed by atoms with E-state index < -0.39 is 8.07 Å². The van der Waals surface area contributed by atoms with E-state index in [4.69, 9.17) is 0 Å². The van der Waals surface area contributed by atoms with Crippen molar-refractivity contribution in [1.82, 2.24) is 0 Å². The second kappa shape index (κ2) is 3.21. The fourth-order valence-electron chi connectivity index (χ4n) is 0.670. The third kappa shape index (κ3) is 2.35. The zero-order chi connectivity index (χ0) is 7.49. The molecule has 0 radical (unpaired) electrons. The van der Waals surface area contributed by atoms with Crippen molar-refractivity contribution < 1.29 is 0 Å². The maximum atomic E-state index is 2.42. The summed E-state index contributed by atoms with van der Waals surface area (Å²) in [5, 5.41) is 1.63. The van der Waals surface area contributed by atoms with E-state index in [1.807, 2.05) is 0 Å². The van der Waals surface area contributed by atoms with Gasteiger partial charge in [0.2, 0.25) is 0 Å². The first kappa shape index (κ1) is 8.96. The van der Waals surface area contributed by atoms with E-state index in [0.29, 0.717) is 0 Å². The normalized spacial score (nSPS) is 14.1. The summed E-state index contributed by atoms with van der Waals surface area (Å²) >= 11 is 0. The molecule has 9 heavy (non-hydrogen) atoms. The van der Waals surface area contributed by atoms with Gasteiger partial charge in [0.1, 0.15) is 0 Å². The molecule has 0 N–H and O–H groups in total. The first-order valence-electron chi connectivity index (χ1n) is 3.68. The molecule has 0 rings (SSSR count). The third-order valence-electron chi connectivity index (χ3n) is 2.38. The highest BCUT2D eigenvalue weighted by Crippen LogP contribution is 2.17. The Morgan fingerprint density at radius 1 is 1.44 bits per heavy atom. The molecule has 0 saturated heterocycles. The minimum atomic E-state index is -0.920. The van der Waals surface area contributed by atoms with Crippen LogP contribution in [0.3, 0.4) is 0 Å². The van der Waals surface area contributed by atoms with E-state index >= 15 is 0 Å². The van der Waals surface area contributed by atoms with E-state index in [1.165, 1.54) is 6.04 Å². The molecule has 0 unspecified atom stereocenters. The van der Waals surface area contributed by atoms with E-state index in [-0.39, 0.29) is 0 Å². The lowest BCUT2D eigenvalue weighted by Gasteiger charge is -2.20. The highest BCUT2D eigenvalue weighted by Gasteiger charge is 2.18. The lowest BCUT2D eigenvalue weighted by Crippen LogP contribution is -2.25. The Morgan fingerprint density at radius 2 is 1.89 bits per heavy atom. The second-order valence-electron chi connectivity index (χ2n) is 3.21. The number of allylic oxidation sites excluding steroid dienone is 2. The Balaban J connectivity index is 4.14. The lowest BCUT2D eigenvalue weighted by atomic mass is 10.6. The fourth-order valence-corrected chi connectivity index (χ4v) is 2.01. The van der Waals surface area contributed by atoms with Crippen molar-refractivity contribution in [2.75, 3.05) is 0 Å². The molecule has 0 aliphatic rings. The SMILES string of the molecule is CC=C(C)[Si](C)(C)CC. The smallest absolute Gasteiger partial charge is 0.0744 e. The van der Waals surface area contributed by atoms with E-state index in [0.717, 1.165) is 0 Å². The Hall–Kier alpha value is -0.0431. The number of hydrogen-bond acceptors (Lipinski definition) is 0. The minimum Gasteiger partial charge on any atom is -0.0926 e. The molecule has 0 fully saturated rings. The molecular formula is C8H18Si. The third-order valence-corrected chi connectivity index (χ3v) is 6.58. The van der Waals surface area contributed by atoms with Crippen molar-refractivity contribution in [3.8, 4) is 0 Å². The molecular weight excluding hydrogens is 124 g/mol. The molecule has 0 atom stereocenters. The summed E-state index contributed by atoms with van der Waals surface area (Å²) in [6, 6.07) is 1.36. The molecule has 0 nitrogen and oxygen atoms in total. The Bertz CT molecular complexity index is 112. The Morgan fingerprint density at radius 3 is 2.00 bits per heavy atom. The van der Waals surface area contributed by atoms with Crippen molar-refractivity contribution in [1.29, 1.82) is 0 Å². The van der Waals surface area contributed by atoms with Crippen molar-refractivity contribution in [2.24, 2.45) is 0 Å². The van der Waals surface area contributed by atoms with Crippen LogP contribution in [0.25, 0.3) is 0 Å². The summed E-state index contributed by atoms with van der Waals surface area (Å²) in [4.78, 5) is 0. The quantitative estimate of drug-likeness (QED) is 0.519. The molecule has 0 aromatic rings. The number of rotatable bonds is 2. The van der Waals surface area contributed by atoms with Crippen molar-refractivity contribution in [3.05, 3.63) is 11.3 Å². The van der Waals surface area contributed by atoms with Crippen molar-refractivity contribution >= 4 is 8.07 Å². The van der Waals surface area contributed by atoms with Crippen LogP contribution in [0.5, 0.6) is 0 Å². The van der Waals surface area contributed by atoms with Gasteiger partial charge >= 0.3 is 0 Å². The molecule has 1 heteroatoms. The first-order chi connectivity index (χ1) is 4.04. The minimum absolute atomic E-state index is 0.920. The summed E-state index contributed by atoms with van der Waals surface area (Å²) in [5.74, 6) is 0. The second-order valence-corrected chi connectivity index (χ2v) is 8.47. The van der Waals surface area contributed by atoms with Crippen LogP contribution in [0.4, 0.5) is 0 Å². The standard InChI is InChI=1S/C8H18Si/c1-6-8(3)9(4,5)7-2/h6H,7H2,1-5H3. The van der Waals surface area contributed by atoms with Crippen LogP contribution >= 0.6 is 0 Å². The number of hydrogen-bond donors (Lipinski definition) is 0. The topological polar surface area (TPSA) is 0 Å². The van der Waals surface area contributed by atoms with Gasteiger partial charge in [0.05, 0.1) is 8.07 Å². The van der Waals surface area contributed by atoms with Crippen molar-refractivity contribution in [3.63, 3.8) is 0 Å². The van der Waals surface area contributed by atoms with Crippen LogP contribution in [0.1, 0.15) is 20.8 Å². The molecule has 0 aromatic carbocycles. The largest absolute Gasteiger partial charge is 0.0926 e. The van der Waals surface area contributed by atoms with Gasteiger partial charge in [-0.1, -0.05) is 37.3 Å². The van der Waals surface area contributed by atoms with Gasteiger partial charge in [-0.3, -0.25) is 0 Å². The highest BCUT2D eigenvalue weighted by molar-refractivity contribution is 6.84. The summed E-state index contributed by atoms with van der Waals surface area (Å²) < 4.78 is 0. The van der Waals surface area contributed by atoms with Crippen LogP contribution in [-0.2, 0) is 0 Å². The molecule has 0 heterocycles. The highest BCUT2D eigenvalue weighted by atomic mass is 28.3. The van der Waals surface area contributed by atoms with Gasteiger partial charge in [-0.25, -0.2) is 0 Å². The molecule has 0 aliphatic carbocycles. The average molecular weight is 142 g/mol. The summed E-state index contributed by atoms with van der Waals surface area (Å²) in [6.07, 6.45) is 2.26. The monoisotopic (exact) mass is 142 g/mol. The zero-order valence-corrected chi connectivity index (χ0v) is 8.28. The van der Waals surface area contributed by atoms with Gasteiger partial charge < -0.3 is 0 Å². The predicted molar refractivity (Wildman–Crippen MR) is 47.4 cm³/mol. The summed E-state index contributed by atoms with van der Waals surface area (Å²) in [6.45, 7) is 11.5. The summed E-state index contributed by atoms with van der Waals surface area (Å²) in [5.41, 5.74) is 0. The Labute approximate surface area is 60.0 Å². The van der Waals surface area contributed by atoms with Gasteiger partial charge in [0.25, 0.3) is 0 Å². The average Bonchev–Trinajstić information content (AvgIpc) is 1.86. The van der Waals surface area contributed by atoms with E-state index in [1.54, 1.807) is 5.20 Å². The molecule has 0 saturated carbocycles. The molecule has 0 amide bonds. The summed E-state index contributed by atoms with van der Waals surface area (Å²) in [7, 11) is -0.920. The molecule has 0 bridgehead atoms. The van der Waals surface area contributed by atoms with Crippen LogP contribution in [0, 0.1) is 0 Å². The maximum Gasteiger partial charge on any atom is 0.0744 e. The van der Waals surface area contributed by atoms with Gasteiger partial charge in [-0.2, -0.15) is 0 Å². The lowest BCUT2D eigenvalue weighted by molar-refractivity contribution is 1.33.